The minimum absolute atomic E-state index is 0.304. The van der Waals surface area contributed by atoms with E-state index in [1.54, 1.807) is 30.5 Å². The van der Waals surface area contributed by atoms with E-state index in [2.05, 4.69) is 10.2 Å². The molecule has 6 nitrogen and oxygen atoms in total. The van der Waals surface area contributed by atoms with Crippen molar-refractivity contribution in [1.82, 2.24) is 10.2 Å². The Labute approximate surface area is 161 Å². The third-order valence-corrected chi connectivity index (χ3v) is 4.26. The van der Waals surface area contributed by atoms with Crippen molar-refractivity contribution >= 4 is 17.4 Å². The molecule has 1 unspecified atom stereocenters. The molecule has 0 spiro atoms. The minimum Gasteiger partial charge on any atom is -0.438 e. The van der Waals surface area contributed by atoms with Gasteiger partial charge in [-0.1, -0.05) is 23.7 Å². The molecule has 0 aliphatic rings. The predicted octanol–water partition coefficient (Wildman–Crippen LogP) is 3.05. The van der Waals surface area contributed by atoms with Gasteiger partial charge in [0.2, 0.25) is 5.88 Å². The monoisotopic (exact) mass is 384 g/mol. The summed E-state index contributed by atoms with van der Waals surface area (Å²) in [7, 11) is 0. The fourth-order valence-electron chi connectivity index (χ4n) is 2.50. The van der Waals surface area contributed by atoms with Crippen molar-refractivity contribution < 1.29 is 19.7 Å². The molecule has 1 aromatic heterocycles. The molecule has 0 saturated heterocycles. The summed E-state index contributed by atoms with van der Waals surface area (Å²) in [5.74, 6) is 0.491. The molecule has 0 aliphatic carbocycles. The first kappa shape index (κ1) is 19.0. The average molecular weight is 385 g/mol. The third kappa shape index (κ3) is 4.89. The Bertz CT molecular complexity index is 917. The highest BCUT2D eigenvalue weighted by Gasteiger charge is 2.17. The maximum atomic E-state index is 12.0. The summed E-state index contributed by atoms with van der Waals surface area (Å²) >= 11 is 6.24. The van der Waals surface area contributed by atoms with Crippen molar-refractivity contribution in [3.05, 3.63) is 82.5 Å². The molecule has 1 heterocycles. The van der Waals surface area contributed by atoms with Crippen LogP contribution in [-0.2, 0) is 6.42 Å². The number of aliphatic hydroxyl groups is 2. The summed E-state index contributed by atoms with van der Waals surface area (Å²) in [6.07, 6.45) is 0.634. The summed E-state index contributed by atoms with van der Waals surface area (Å²) in [6.45, 7) is -0.621. The fourth-order valence-corrected chi connectivity index (χ4v) is 2.68. The molecular formula is C20H17ClN2O4. The van der Waals surface area contributed by atoms with Gasteiger partial charge in [0.05, 0.1) is 6.61 Å². The number of Topliss-reactive ketones (excluding diaryl/α,β-unsaturated/α-hetero) is 1. The van der Waals surface area contributed by atoms with Crippen molar-refractivity contribution in [3.8, 4) is 11.6 Å². The third-order valence-electron chi connectivity index (χ3n) is 3.89. The molecule has 3 rings (SSSR count). The van der Waals surface area contributed by atoms with Gasteiger partial charge in [-0.25, -0.2) is 0 Å². The van der Waals surface area contributed by atoms with Gasteiger partial charge in [0.15, 0.2) is 5.78 Å². The zero-order valence-corrected chi connectivity index (χ0v) is 15.0. The topological polar surface area (TPSA) is 92.5 Å². The highest BCUT2D eigenvalue weighted by atomic mass is 35.5. The van der Waals surface area contributed by atoms with E-state index in [1.807, 2.05) is 24.3 Å². The summed E-state index contributed by atoms with van der Waals surface area (Å²) in [4.78, 5) is 12.0. The number of halogens is 1. The molecule has 0 bridgehead atoms. The molecule has 2 aromatic carbocycles. The molecule has 0 fully saturated rings. The van der Waals surface area contributed by atoms with Gasteiger partial charge in [0.25, 0.3) is 0 Å². The van der Waals surface area contributed by atoms with Gasteiger partial charge in [-0.3, -0.25) is 4.79 Å². The molecular weight excluding hydrogens is 368 g/mol. The largest absolute Gasteiger partial charge is 0.438 e. The van der Waals surface area contributed by atoms with Crippen LogP contribution in [0.4, 0.5) is 0 Å². The van der Waals surface area contributed by atoms with Gasteiger partial charge in [-0.05, 0) is 53.9 Å². The maximum absolute atomic E-state index is 12.0. The molecule has 0 radical (unpaired) electrons. The highest BCUT2D eigenvalue weighted by Crippen LogP contribution is 2.24. The number of hydrogen-bond donors (Lipinski definition) is 2. The van der Waals surface area contributed by atoms with Crippen LogP contribution in [0.15, 0.2) is 60.8 Å². The molecule has 2 N–H and O–H groups in total. The number of aliphatic hydroxyl groups excluding tert-OH is 2. The number of ketones is 1. The molecule has 7 heteroatoms. The van der Waals surface area contributed by atoms with Gasteiger partial charge < -0.3 is 14.9 Å². The van der Waals surface area contributed by atoms with Crippen LogP contribution in [-0.4, -0.2) is 38.9 Å². The second-order valence-electron chi connectivity index (χ2n) is 5.85. The number of hydrogen-bond acceptors (Lipinski definition) is 6. The van der Waals surface area contributed by atoms with Crippen molar-refractivity contribution in [3.63, 3.8) is 0 Å². The lowest BCUT2D eigenvalue weighted by Crippen LogP contribution is -2.24. The van der Waals surface area contributed by atoms with E-state index < -0.39 is 18.5 Å². The second-order valence-corrected chi connectivity index (χ2v) is 6.26. The Kier molecular flexibility index (Phi) is 6.13. The Hall–Kier alpha value is -2.80. The number of rotatable bonds is 7. The first-order chi connectivity index (χ1) is 13.1. The molecule has 0 aliphatic heterocycles. The molecule has 3 aromatic rings. The quantitative estimate of drug-likeness (QED) is 0.608. The minimum atomic E-state index is -1.43. The second kappa shape index (κ2) is 8.73. The smallest absolute Gasteiger partial charge is 0.238 e. The number of aromatic nitrogens is 2. The highest BCUT2D eigenvalue weighted by molar-refractivity contribution is 6.31. The van der Waals surface area contributed by atoms with E-state index in [1.165, 1.54) is 6.07 Å². The van der Waals surface area contributed by atoms with Gasteiger partial charge in [0.1, 0.15) is 11.9 Å². The van der Waals surface area contributed by atoms with Gasteiger partial charge >= 0.3 is 0 Å². The van der Waals surface area contributed by atoms with Crippen molar-refractivity contribution in [2.75, 3.05) is 6.61 Å². The Balaban J connectivity index is 1.74. The molecule has 138 valence electrons. The number of ether oxygens (including phenoxy) is 1. The van der Waals surface area contributed by atoms with Crippen LogP contribution in [0.2, 0.25) is 5.02 Å². The maximum Gasteiger partial charge on any atom is 0.238 e. The van der Waals surface area contributed by atoms with Crippen LogP contribution in [0.25, 0.3) is 0 Å². The van der Waals surface area contributed by atoms with E-state index in [4.69, 9.17) is 21.4 Å². The first-order valence-corrected chi connectivity index (χ1v) is 8.60. The van der Waals surface area contributed by atoms with Crippen LogP contribution in [0.3, 0.4) is 0 Å². The first-order valence-electron chi connectivity index (χ1n) is 8.23. The SMILES string of the molecule is O=C(c1ccc(Cl)c(Cc2ccc(Oc3cccnn3)cc2)c1)C(O)CO. The lowest BCUT2D eigenvalue weighted by molar-refractivity contribution is 0.0587. The fraction of sp³-hybridized carbons (Fsp3) is 0.150. The molecule has 27 heavy (non-hydrogen) atoms. The molecule has 0 saturated carbocycles. The van der Waals surface area contributed by atoms with E-state index in [0.717, 1.165) is 11.1 Å². The molecule has 1 atom stereocenters. The van der Waals surface area contributed by atoms with Crippen molar-refractivity contribution in [1.29, 1.82) is 0 Å². The predicted molar refractivity (Wildman–Crippen MR) is 100 cm³/mol. The van der Waals surface area contributed by atoms with Crippen LogP contribution in [0.5, 0.6) is 11.6 Å². The number of benzene rings is 2. The zero-order valence-electron chi connectivity index (χ0n) is 14.2. The number of carbonyl (C=O) groups excluding carboxylic acids is 1. The Morgan fingerprint density at radius 2 is 1.93 bits per heavy atom. The summed E-state index contributed by atoms with van der Waals surface area (Å²) < 4.78 is 5.60. The molecule has 0 amide bonds. The summed E-state index contributed by atoms with van der Waals surface area (Å²) in [6, 6.07) is 15.6. The lowest BCUT2D eigenvalue weighted by atomic mass is 9.99. The Morgan fingerprint density at radius 3 is 2.59 bits per heavy atom. The van der Waals surface area contributed by atoms with Crippen molar-refractivity contribution in [2.45, 2.75) is 12.5 Å². The van der Waals surface area contributed by atoms with Gasteiger partial charge in [0, 0.05) is 22.8 Å². The summed E-state index contributed by atoms with van der Waals surface area (Å²) in [5, 5.41) is 26.6. The number of nitrogens with zero attached hydrogens (tertiary/aromatic N) is 2. The summed E-state index contributed by atoms with van der Waals surface area (Å²) in [5.41, 5.74) is 2.02. The van der Waals surface area contributed by atoms with Crippen LogP contribution >= 0.6 is 11.6 Å². The van der Waals surface area contributed by atoms with Gasteiger partial charge in [-0.2, -0.15) is 5.10 Å². The van der Waals surface area contributed by atoms with E-state index in [0.29, 0.717) is 28.6 Å². The van der Waals surface area contributed by atoms with Crippen LogP contribution < -0.4 is 4.74 Å². The lowest BCUT2D eigenvalue weighted by Gasteiger charge is -2.10. The van der Waals surface area contributed by atoms with E-state index in [9.17, 15) is 9.90 Å². The average Bonchev–Trinajstić information content (AvgIpc) is 2.70. The normalized spacial score (nSPS) is 11.8. The van der Waals surface area contributed by atoms with E-state index in [-0.39, 0.29) is 0 Å². The van der Waals surface area contributed by atoms with Gasteiger partial charge in [-0.15, -0.1) is 5.10 Å². The number of carbonyl (C=O) groups is 1. The van der Waals surface area contributed by atoms with Crippen LogP contribution in [0, 0.1) is 0 Å². The van der Waals surface area contributed by atoms with E-state index >= 15 is 0 Å². The van der Waals surface area contributed by atoms with Crippen molar-refractivity contribution in [2.24, 2.45) is 0 Å². The van der Waals surface area contributed by atoms with Crippen LogP contribution in [0.1, 0.15) is 21.5 Å². The zero-order chi connectivity index (χ0) is 19.2. The standard InChI is InChI=1S/C20H17ClN2O4/c21-17-8-5-14(20(26)18(25)12-24)11-15(17)10-13-3-6-16(7-4-13)27-19-2-1-9-22-23-19/h1-9,11,18,24-25H,10,12H2. The Morgan fingerprint density at radius 1 is 1.15 bits per heavy atom.